The Labute approximate surface area is 129 Å². The van der Waals surface area contributed by atoms with Crippen molar-refractivity contribution in [2.24, 2.45) is 0 Å². The number of likely N-dealkylation sites (N-methyl/N-ethyl adjacent to an activating group) is 1. The van der Waals surface area contributed by atoms with Gasteiger partial charge in [-0.1, -0.05) is 6.08 Å². The predicted molar refractivity (Wildman–Crippen MR) is 87.5 cm³/mol. The molecule has 0 aliphatic carbocycles. The van der Waals surface area contributed by atoms with Crippen molar-refractivity contribution in [1.82, 2.24) is 10.2 Å². The fourth-order valence-electron chi connectivity index (χ4n) is 1.27. The summed E-state index contributed by atoms with van der Waals surface area (Å²) in [5.74, 6) is 0.873. The zero-order valence-corrected chi connectivity index (χ0v) is 13.4. The third kappa shape index (κ3) is 7.17. The molecule has 1 N–H and O–H groups in total. The molecule has 0 spiro atoms. The summed E-state index contributed by atoms with van der Waals surface area (Å²) in [6.45, 7) is 2.01. The molecular formula is C14H21IN2O2. The Bertz CT molecular complexity index is 422. The zero-order valence-electron chi connectivity index (χ0n) is 11.2. The number of hydrogen-bond acceptors (Lipinski definition) is 3. The van der Waals surface area contributed by atoms with Gasteiger partial charge in [-0.05, 0) is 46.9 Å². The molecule has 0 aromatic heterocycles. The van der Waals surface area contributed by atoms with Crippen molar-refractivity contribution < 1.29 is 11.0 Å². The molecule has 19 heavy (non-hydrogen) atoms. The zero-order chi connectivity index (χ0) is 14.1. The van der Waals surface area contributed by atoms with E-state index >= 15 is 0 Å². The van der Waals surface area contributed by atoms with Gasteiger partial charge in [0.2, 0.25) is 5.91 Å². The number of halogens is 1. The molecule has 4 nitrogen and oxygen atoms in total. The second-order valence-electron chi connectivity index (χ2n) is 4.14. The Kier molecular flexibility index (Phi) is 7.50. The smallest absolute Gasteiger partial charge is 0.245 e. The molecule has 0 bridgehead atoms. The van der Waals surface area contributed by atoms with Crippen LogP contribution in [0.1, 0.15) is 1.43 Å². The third-order valence-corrected chi connectivity index (χ3v) is 3.04. The summed E-state index contributed by atoms with van der Waals surface area (Å²) in [6.07, 6.45) is 3.38. The maximum Gasteiger partial charge on any atom is 0.245 e. The first-order valence-electron chi connectivity index (χ1n) is 6.06. The SMILES string of the molecule is CN(C)C(=O)/C=C/CNCCOc1ccc(I)cc1.[HH]. The minimum Gasteiger partial charge on any atom is -0.492 e. The highest BCUT2D eigenvalue weighted by Crippen LogP contribution is 2.12. The van der Waals surface area contributed by atoms with Gasteiger partial charge in [0, 0.05) is 38.3 Å². The normalized spacial score (nSPS) is 10.7. The average molecular weight is 376 g/mol. The first kappa shape index (κ1) is 16.0. The van der Waals surface area contributed by atoms with Crippen molar-refractivity contribution in [1.29, 1.82) is 0 Å². The molecule has 1 amide bonds. The lowest BCUT2D eigenvalue weighted by Crippen LogP contribution is -2.22. The van der Waals surface area contributed by atoms with Crippen LogP contribution in [0.4, 0.5) is 0 Å². The molecule has 0 saturated heterocycles. The summed E-state index contributed by atoms with van der Waals surface area (Å²) in [5, 5.41) is 3.18. The summed E-state index contributed by atoms with van der Waals surface area (Å²) < 4.78 is 6.76. The summed E-state index contributed by atoms with van der Waals surface area (Å²) in [6, 6.07) is 7.94. The van der Waals surface area contributed by atoms with Gasteiger partial charge in [-0.2, -0.15) is 0 Å². The van der Waals surface area contributed by atoms with Crippen molar-refractivity contribution in [3.05, 3.63) is 40.0 Å². The highest BCUT2D eigenvalue weighted by molar-refractivity contribution is 14.1. The van der Waals surface area contributed by atoms with E-state index < -0.39 is 0 Å². The second-order valence-corrected chi connectivity index (χ2v) is 5.39. The Morgan fingerprint density at radius 1 is 1.42 bits per heavy atom. The van der Waals surface area contributed by atoms with Gasteiger partial charge in [-0.3, -0.25) is 4.79 Å². The lowest BCUT2D eigenvalue weighted by atomic mass is 10.3. The number of ether oxygens (including phenoxy) is 1. The number of carbonyl (C=O) groups is 1. The number of rotatable bonds is 7. The molecule has 1 aromatic rings. The minimum absolute atomic E-state index is 0. The number of carbonyl (C=O) groups excluding carboxylic acids is 1. The van der Waals surface area contributed by atoms with E-state index in [1.807, 2.05) is 30.3 Å². The van der Waals surface area contributed by atoms with Gasteiger partial charge < -0.3 is 15.0 Å². The van der Waals surface area contributed by atoms with Gasteiger partial charge in [0.25, 0.3) is 0 Å². The van der Waals surface area contributed by atoms with E-state index in [2.05, 4.69) is 27.9 Å². The first-order valence-corrected chi connectivity index (χ1v) is 7.14. The van der Waals surface area contributed by atoms with Gasteiger partial charge in [0.05, 0.1) is 0 Å². The Morgan fingerprint density at radius 3 is 2.74 bits per heavy atom. The van der Waals surface area contributed by atoms with Crippen molar-refractivity contribution in [2.75, 3.05) is 33.8 Å². The summed E-state index contributed by atoms with van der Waals surface area (Å²) in [4.78, 5) is 12.8. The van der Waals surface area contributed by atoms with Gasteiger partial charge in [0.15, 0.2) is 0 Å². The first-order chi connectivity index (χ1) is 9.09. The van der Waals surface area contributed by atoms with Crippen LogP contribution in [0.3, 0.4) is 0 Å². The highest BCUT2D eigenvalue weighted by Gasteiger charge is 1.96. The van der Waals surface area contributed by atoms with Crippen LogP contribution in [-0.2, 0) is 4.79 Å². The van der Waals surface area contributed by atoms with Crippen molar-refractivity contribution in [3.8, 4) is 5.75 Å². The van der Waals surface area contributed by atoms with Crippen LogP contribution in [0.2, 0.25) is 0 Å². The molecule has 5 heteroatoms. The maximum atomic E-state index is 11.2. The number of nitrogens with one attached hydrogen (secondary N) is 1. The molecule has 0 heterocycles. The number of nitrogens with zero attached hydrogens (tertiary/aromatic N) is 1. The maximum absolute atomic E-state index is 11.2. The molecule has 0 radical (unpaired) electrons. The van der Waals surface area contributed by atoms with Crippen LogP contribution in [0, 0.1) is 3.57 Å². The molecule has 1 aromatic carbocycles. The lowest BCUT2D eigenvalue weighted by Gasteiger charge is -2.07. The molecule has 1 rings (SSSR count). The fourth-order valence-corrected chi connectivity index (χ4v) is 1.63. The van der Waals surface area contributed by atoms with Gasteiger partial charge in [0.1, 0.15) is 12.4 Å². The van der Waals surface area contributed by atoms with Gasteiger partial charge >= 0.3 is 0 Å². The molecule has 0 unspecified atom stereocenters. The van der Waals surface area contributed by atoms with E-state index in [1.54, 1.807) is 20.2 Å². The van der Waals surface area contributed by atoms with Gasteiger partial charge in [-0.15, -0.1) is 0 Å². The minimum atomic E-state index is -0.00283. The van der Waals surface area contributed by atoms with E-state index in [0.717, 1.165) is 12.3 Å². The van der Waals surface area contributed by atoms with E-state index in [-0.39, 0.29) is 7.33 Å². The van der Waals surface area contributed by atoms with E-state index in [0.29, 0.717) is 13.2 Å². The topological polar surface area (TPSA) is 41.6 Å². The van der Waals surface area contributed by atoms with Gasteiger partial charge in [-0.25, -0.2) is 0 Å². The predicted octanol–water partition coefficient (Wildman–Crippen LogP) is 2.15. The standard InChI is InChI=1S/C14H19IN2O2.H2/c1-17(2)14(18)4-3-9-16-10-11-19-13-7-5-12(15)6-8-13;/h3-8,16H,9-11H2,1-2H3;1H/b4-3+;. The number of benzene rings is 1. The second kappa shape index (κ2) is 8.92. The molecule has 0 atom stereocenters. The molecular weight excluding hydrogens is 355 g/mol. The summed E-state index contributed by atoms with van der Waals surface area (Å²) >= 11 is 2.26. The fraction of sp³-hybridized carbons (Fsp3) is 0.357. The Hall–Kier alpha value is -1.08. The molecule has 106 valence electrons. The van der Waals surface area contributed by atoms with Crippen LogP contribution >= 0.6 is 22.6 Å². The third-order valence-electron chi connectivity index (χ3n) is 2.32. The van der Waals surface area contributed by atoms with Crippen LogP contribution in [0.15, 0.2) is 36.4 Å². The Morgan fingerprint density at radius 2 is 2.11 bits per heavy atom. The summed E-state index contributed by atoms with van der Waals surface area (Å²) in [5.41, 5.74) is 0. The molecule has 0 aliphatic heterocycles. The van der Waals surface area contributed by atoms with Crippen LogP contribution in [-0.4, -0.2) is 44.6 Å². The van der Waals surface area contributed by atoms with Crippen molar-refractivity contribution in [3.63, 3.8) is 0 Å². The quantitative estimate of drug-likeness (QED) is 0.451. The van der Waals surface area contributed by atoms with Crippen molar-refractivity contribution in [2.45, 2.75) is 0 Å². The van der Waals surface area contributed by atoms with E-state index in [9.17, 15) is 4.79 Å². The highest BCUT2D eigenvalue weighted by atomic mass is 127. The number of hydrogen-bond donors (Lipinski definition) is 1. The van der Waals surface area contributed by atoms with Crippen LogP contribution in [0.25, 0.3) is 0 Å². The molecule has 0 aliphatic rings. The van der Waals surface area contributed by atoms with E-state index in [4.69, 9.17) is 4.74 Å². The Balaban J connectivity index is 0.00000361. The average Bonchev–Trinajstić information content (AvgIpc) is 2.39. The van der Waals surface area contributed by atoms with Crippen LogP contribution < -0.4 is 10.1 Å². The number of amides is 1. The summed E-state index contributed by atoms with van der Waals surface area (Å²) in [7, 11) is 3.46. The van der Waals surface area contributed by atoms with E-state index in [1.165, 1.54) is 8.47 Å². The lowest BCUT2D eigenvalue weighted by molar-refractivity contribution is -0.123. The molecule has 0 fully saturated rings. The van der Waals surface area contributed by atoms with Crippen molar-refractivity contribution >= 4 is 28.5 Å². The molecule has 0 saturated carbocycles. The van der Waals surface area contributed by atoms with Crippen LogP contribution in [0.5, 0.6) is 5.75 Å². The monoisotopic (exact) mass is 376 g/mol. The largest absolute Gasteiger partial charge is 0.492 e.